The van der Waals surface area contributed by atoms with Gasteiger partial charge in [-0.05, 0) is 59.5 Å². The van der Waals surface area contributed by atoms with Gasteiger partial charge in [-0.1, -0.05) is 42.3 Å². The van der Waals surface area contributed by atoms with E-state index in [0.29, 0.717) is 22.3 Å². The number of halogens is 2. The number of nitro groups is 1. The Morgan fingerprint density at radius 3 is 2.07 bits per heavy atom. The van der Waals surface area contributed by atoms with Gasteiger partial charge in [0, 0.05) is 24.4 Å². The highest BCUT2D eigenvalue weighted by Gasteiger charge is 2.11. The van der Waals surface area contributed by atoms with Gasteiger partial charge in [-0.25, -0.2) is 0 Å². The summed E-state index contributed by atoms with van der Waals surface area (Å²) < 4.78 is 5.74. The Kier molecular flexibility index (Phi) is 6.96. The van der Waals surface area contributed by atoms with Crippen molar-refractivity contribution >= 4 is 34.6 Å². The highest BCUT2D eigenvalue weighted by molar-refractivity contribution is 6.37. The van der Waals surface area contributed by atoms with Crippen LogP contribution in [0.15, 0.2) is 60.7 Å². The third kappa shape index (κ3) is 5.62. The van der Waals surface area contributed by atoms with Crippen LogP contribution in [0.1, 0.15) is 23.6 Å². The first kappa shape index (κ1) is 21.0. The molecule has 3 rings (SSSR count). The molecule has 0 aliphatic carbocycles. The molecule has 1 N–H and O–H groups in total. The first-order valence-corrected chi connectivity index (χ1v) is 9.88. The fourth-order valence-corrected chi connectivity index (χ4v) is 3.43. The summed E-state index contributed by atoms with van der Waals surface area (Å²) in [6.07, 6.45) is 1.01. The van der Waals surface area contributed by atoms with Gasteiger partial charge in [0.25, 0.3) is 5.69 Å². The Hall–Kier alpha value is -2.76. The van der Waals surface area contributed by atoms with Crippen molar-refractivity contribution in [2.45, 2.75) is 26.5 Å². The third-order valence-electron chi connectivity index (χ3n) is 4.45. The first-order valence-electron chi connectivity index (χ1n) is 9.13. The molecule has 29 heavy (non-hydrogen) atoms. The Labute approximate surface area is 179 Å². The Morgan fingerprint density at radius 2 is 1.52 bits per heavy atom. The maximum absolute atomic E-state index is 10.7. The molecular formula is C22H20Cl2N2O3. The van der Waals surface area contributed by atoms with Crippen molar-refractivity contribution in [3.8, 4) is 5.75 Å². The number of nitrogens with one attached hydrogen (secondary N) is 1. The molecule has 0 amide bonds. The number of benzene rings is 3. The maximum atomic E-state index is 10.7. The smallest absolute Gasteiger partial charge is 0.269 e. The number of hydrogen-bond acceptors (Lipinski definition) is 4. The normalized spacial score (nSPS) is 10.6. The number of nitrogens with zero attached hydrogens (tertiary/aromatic N) is 1. The summed E-state index contributed by atoms with van der Waals surface area (Å²) in [6, 6.07) is 18.1. The molecule has 0 bridgehead atoms. The molecule has 0 radical (unpaired) electrons. The Bertz CT molecular complexity index is 967. The number of anilines is 1. The van der Waals surface area contributed by atoms with Crippen LogP contribution < -0.4 is 10.1 Å². The van der Waals surface area contributed by atoms with Gasteiger partial charge >= 0.3 is 0 Å². The predicted octanol–water partition coefficient (Wildman–Crippen LogP) is 6.66. The van der Waals surface area contributed by atoms with Crippen molar-refractivity contribution in [2.75, 3.05) is 5.32 Å². The quantitative estimate of drug-likeness (QED) is 0.320. The molecule has 0 atom stereocenters. The molecule has 0 aliphatic heterocycles. The maximum Gasteiger partial charge on any atom is 0.269 e. The predicted molar refractivity (Wildman–Crippen MR) is 117 cm³/mol. The average molecular weight is 431 g/mol. The van der Waals surface area contributed by atoms with Crippen molar-refractivity contribution in [1.82, 2.24) is 0 Å². The van der Waals surface area contributed by atoms with Crippen LogP contribution in [0.2, 0.25) is 10.0 Å². The van der Waals surface area contributed by atoms with E-state index in [1.807, 2.05) is 24.3 Å². The molecular weight excluding hydrogens is 411 g/mol. The minimum absolute atomic E-state index is 0.0333. The van der Waals surface area contributed by atoms with E-state index in [2.05, 4.69) is 24.4 Å². The van der Waals surface area contributed by atoms with Crippen LogP contribution >= 0.6 is 23.2 Å². The second-order valence-corrected chi connectivity index (χ2v) is 7.32. The Morgan fingerprint density at radius 1 is 0.931 bits per heavy atom. The summed E-state index contributed by atoms with van der Waals surface area (Å²) in [4.78, 5) is 10.3. The minimum Gasteiger partial charge on any atom is -0.486 e. The molecule has 0 fully saturated rings. The molecule has 3 aromatic rings. The van der Waals surface area contributed by atoms with Crippen molar-refractivity contribution < 1.29 is 9.66 Å². The van der Waals surface area contributed by atoms with Crippen LogP contribution in [0.4, 0.5) is 11.4 Å². The lowest BCUT2D eigenvalue weighted by atomic mass is 10.1. The molecule has 0 aliphatic rings. The van der Waals surface area contributed by atoms with Crippen LogP contribution in [0.3, 0.4) is 0 Å². The van der Waals surface area contributed by atoms with Crippen LogP contribution in [-0.2, 0) is 19.6 Å². The van der Waals surface area contributed by atoms with Gasteiger partial charge in [0.05, 0.1) is 15.0 Å². The zero-order chi connectivity index (χ0) is 20.8. The van der Waals surface area contributed by atoms with Crippen LogP contribution in [0.25, 0.3) is 0 Å². The van der Waals surface area contributed by atoms with Crippen molar-refractivity contribution in [2.24, 2.45) is 0 Å². The second-order valence-electron chi connectivity index (χ2n) is 6.50. The zero-order valence-corrected chi connectivity index (χ0v) is 17.3. The highest BCUT2D eigenvalue weighted by atomic mass is 35.5. The summed E-state index contributed by atoms with van der Waals surface area (Å²) in [6.45, 7) is 2.91. The van der Waals surface area contributed by atoms with Crippen molar-refractivity contribution in [3.63, 3.8) is 0 Å². The molecule has 3 aromatic carbocycles. The Balaban J connectivity index is 1.62. The summed E-state index contributed by atoms with van der Waals surface area (Å²) in [5, 5.41) is 14.9. The van der Waals surface area contributed by atoms with Gasteiger partial charge in [0.15, 0.2) is 5.75 Å². The van der Waals surface area contributed by atoms with Crippen molar-refractivity contribution in [3.05, 3.63) is 97.5 Å². The number of aryl methyl sites for hydroxylation is 1. The topological polar surface area (TPSA) is 64.4 Å². The summed E-state index contributed by atoms with van der Waals surface area (Å²) in [7, 11) is 0. The lowest BCUT2D eigenvalue weighted by Crippen LogP contribution is -2.01. The molecule has 0 saturated heterocycles. The molecule has 150 valence electrons. The second kappa shape index (κ2) is 9.63. The standard InChI is InChI=1S/C22H20Cl2N2O3/c1-2-15-3-7-18(8-4-15)25-13-17-11-20(23)22(21(24)12-17)29-14-16-5-9-19(10-6-16)26(27)28/h3-12,25H,2,13-14H2,1H3. The van der Waals surface area contributed by atoms with E-state index in [4.69, 9.17) is 27.9 Å². The summed E-state index contributed by atoms with van der Waals surface area (Å²) in [5.41, 5.74) is 4.06. The SMILES string of the molecule is CCc1ccc(NCc2cc(Cl)c(OCc3ccc([N+](=O)[O-])cc3)c(Cl)c2)cc1. The van der Waals surface area contributed by atoms with Gasteiger partial charge in [0.2, 0.25) is 0 Å². The van der Waals surface area contributed by atoms with E-state index in [1.54, 1.807) is 12.1 Å². The average Bonchev–Trinajstić information content (AvgIpc) is 2.72. The molecule has 0 heterocycles. The van der Waals surface area contributed by atoms with Gasteiger partial charge in [-0.3, -0.25) is 10.1 Å². The molecule has 0 spiro atoms. The van der Waals surface area contributed by atoms with Gasteiger partial charge < -0.3 is 10.1 Å². The molecule has 0 unspecified atom stereocenters. The van der Waals surface area contributed by atoms with Gasteiger partial charge in [-0.15, -0.1) is 0 Å². The van der Waals surface area contributed by atoms with Crippen LogP contribution in [-0.4, -0.2) is 4.92 Å². The number of rotatable bonds is 8. The minimum atomic E-state index is -0.441. The van der Waals surface area contributed by atoms with Crippen molar-refractivity contribution in [1.29, 1.82) is 0 Å². The van der Waals surface area contributed by atoms with E-state index in [1.165, 1.54) is 17.7 Å². The number of ether oxygens (including phenoxy) is 1. The summed E-state index contributed by atoms with van der Waals surface area (Å²) in [5.74, 6) is 0.391. The van der Waals surface area contributed by atoms with Crippen LogP contribution in [0.5, 0.6) is 5.75 Å². The molecule has 0 aromatic heterocycles. The van der Waals surface area contributed by atoms with E-state index in [0.717, 1.165) is 23.2 Å². The monoisotopic (exact) mass is 430 g/mol. The first-order chi connectivity index (χ1) is 14.0. The summed E-state index contributed by atoms with van der Waals surface area (Å²) >= 11 is 12.7. The lowest BCUT2D eigenvalue weighted by molar-refractivity contribution is -0.384. The fourth-order valence-electron chi connectivity index (χ4n) is 2.78. The molecule has 7 heteroatoms. The number of hydrogen-bond donors (Lipinski definition) is 1. The fraction of sp³-hybridized carbons (Fsp3) is 0.182. The molecule has 5 nitrogen and oxygen atoms in total. The van der Waals surface area contributed by atoms with Crippen LogP contribution in [0, 0.1) is 10.1 Å². The van der Waals surface area contributed by atoms with E-state index < -0.39 is 4.92 Å². The third-order valence-corrected chi connectivity index (χ3v) is 5.01. The van der Waals surface area contributed by atoms with Gasteiger partial charge in [-0.2, -0.15) is 0 Å². The largest absolute Gasteiger partial charge is 0.486 e. The zero-order valence-electron chi connectivity index (χ0n) is 15.8. The van der Waals surface area contributed by atoms with E-state index in [9.17, 15) is 10.1 Å². The van der Waals surface area contributed by atoms with Gasteiger partial charge in [0.1, 0.15) is 6.61 Å². The number of nitro benzene ring substituents is 1. The van der Waals surface area contributed by atoms with E-state index >= 15 is 0 Å². The molecule has 0 saturated carbocycles. The lowest BCUT2D eigenvalue weighted by Gasteiger charge is -2.13. The highest BCUT2D eigenvalue weighted by Crippen LogP contribution is 2.35. The number of non-ortho nitro benzene ring substituents is 1. The van der Waals surface area contributed by atoms with E-state index in [-0.39, 0.29) is 12.3 Å².